The normalized spacial score (nSPS) is 14.6. The predicted octanol–water partition coefficient (Wildman–Crippen LogP) is 5.16. The predicted molar refractivity (Wildman–Crippen MR) is 159 cm³/mol. The van der Waals surface area contributed by atoms with Crippen molar-refractivity contribution < 1.29 is 14.3 Å². The summed E-state index contributed by atoms with van der Waals surface area (Å²) in [5.74, 6) is 1.97. The highest BCUT2D eigenvalue weighted by molar-refractivity contribution is 5.95. The Labute approximate surface area is 241 Å². The van der Waals surface area contributed by atoms with E-state index in [2.05, 4.69) is 44.3 Å². The zero-order valence-corrected chi connectivity index (χ0v) is 24.5. The quantitative estimate of drug-likeness (QED) is 0.285. The second-order valence-electron chi connectivity index (χ2n) is 11.2. The molecule has 1 amide bonds. The number of piperidine rings is 1. The molecule has 0 radical (unpaired) electrons. The molecule has 1 aliphatic rings. The molecule has 0 saturated carbocycles. The lowest BCUT2D eigenvalue weighted by molar-refractivity contribution is -0.116. The van der Waals surface area contributed by atoms with Crippen LogP contribution < -0.4 is 14.8 Å². The van der Waals surface area contributed by atoms with E-state index in [4.69, 9.17) is 9.47 Å². The van der Waals surface area contributed by atoms with Gasteiger partial charge in [-0.2, -0.15) is 0 Å². The summed E-state index contributed by atoms with van der Waals surface area (Å²) in [4.78, 5) is 24.1. The first-order valence-electron chi connectivity index (χ1n) is 14.3. The molecule has 3 heterocycles. The van der Waals surface area contributed by atoms with Gasteiger partial charge < -0.3 is 19.7 Å². The van der Waals surface area contributed by atoms with E-state index in [-0.39, 0.29) is 18.4 Å². The molecular formula is C31H39N7O3. The van der Waals surface area contributed by atoms with Gasteiger partial charge in [0.15, 0.2) is 11.5 Å². The maximum Gasteiger partial charge on any atom is 0.246 e. The summed E-state index contributed by atoms with van der Waals surface area (Å²) in [6.45, 7) is 11.6. The van der Waals surface area contributed by atoms with Crippen LogP contribution >= 0.6 is 0 Å². The molecule has 0 spiro atoms. The Bertz CT molecular complexity index is 1480. The zero-order chi connectivity index (χ0) is 28.9. The van der Waals surface area contributed by atoms with Gasteiger partial charge in [-0.15, -0.1) is 5.10 Å². The number of methoxy groups -OCH3 is 1. The number of amides is 1. The molecule has 0 bridgehead atoms. The van der Waals surface area contributed by atoms with Crippen molar-refractivity contribution in [2.45, 2.75) is 59.0 Å². The number of likely N-dealkylation sites (tertiary alicyclic amines) is 1. The van der Waals surface area contributed by atoms with Crippen molar-refractivity contribution >= 4 is 22.5 Å². The molecule has 1 aliphatic heterocycles. The second kappa shape index (κ2) is 12.6. The summed E-state index contributed by atoms with van der Waals surface area (Å²) in [7, 11) is 1.65. The van der Waals surface area contributed by atoms with Gasteiger partial charge in [-0.3, -0.25) is 4.79 Å². The minimum Gasteiger partial charge on any atom is -0.493 e. The van der Waals surface area contributed by atoms with Crippen molar-refractivity contribution in [3.63, 3.8) is 0 Å². The van der Waals surface area contributed by atoms with E-state index in [1.54, 1.807) is 24.3 Å². The summed E-state index contributed by atoms with van der Waals surface area (Å²) in [5, 5.41) is 11.9. The lowest BCUT2D eigenvalue weighted by Crippen LogP contribution is -2.39. The summed E-state index contributed by atoms with van der Waals surface area (Å²) in [6.07, 6.45) is 5.63. The average molecular weight is 558 g/mol. The first-order chi connectivity index (χ1) is 19.8. The van der Waals surface area contributed by atoms with Crippen LogP contribution in [-0.4, -0.2) is 68.6 Å². The third-order valence-corrected chi connectivity index (χ3v) is 7.67. The topological polar surface area (TPSA) is 107 Å². The fourth-order valence-electron chi connectivity index (χ4n) is 5.12. The third-order valence-electron chi connectivity index (χ3n) is 7.67. The molecule has 0 unspecified atom stereocenters. The SMILES string of the molecule is COc1cc2c(-c3ccc(NC(=O)Cn4cc(C(C)C)nn4)cc3)ncnc2cc1OCC1CCN(C(C)C)CC1. The molecule has 10 nitrogen and oxygen atoms in total. The van der Waals surface area contributed by atoms with Gasteiger partial charge in [-0.05, 0) is 69.8 Å². The van der Waals surface area contributed by atoms with E-state index in [9.17, 15) is 4.79 Å². The van der Waals surface area contributed by atoms with E-state index in [1.165, 1.54) is 0 Å². The van der Waals surface area contributed by atoms with Crippen molar-refractivity contribution in [1.29, 1.82) is 0 Å². The van der Waals surface area contributed by atoms with E-state index < -0.39 is 0 Å². The Kier molecular flexibility index (Phi) is 8.78. The first kappa shape index (κ1) is 28.5. The van der Waals surface area contributed by atoms with Gasteiger partial charge in [0, 0.05) is 34.9 Å². The number of nitrogens with zero attached hydrogens (tertiary/aromatic N) is 6. The van der Waals surface area contributed by atoms with Crippen molar-refractivity contribution in [3.05, 3.63) is 54.6 Å². The number of rotatable bonds is 10. The van der Waals surface area contributed by atoms with E-state index in [0.717, 1.165) is 53.8 Å². The maximum atomic E-state index is 12.5. The number of anilines is 1. The van der Waals surface area contributed by atoms with Crippen molar-refractivity contribution in [2.24, 2.45) is 5.92 Å². The van der Waals surface area contributed by atoms with Crippen molar-refractivity contribution in [2.75, 3.05) is 32.1 Å². The summed E-state index contributed by atoms with van der Waals surface area (Å²) in [5.41, 5.74) is 4.01. The van der Waals surface area contributed by atoms with E-state index in [1.807, 2.05) is 50.2 Å². The molecule has 41 heavy (non-hydrogen) atoms. The minimum atomic E-state index is -0.173. The fraction of sp³-hybridized carbons (Fsp3) is 0.452. The molecule has 0 aliphatic carbocycles. The van der Waals surface area contributed by atoms with Gasteiger partial charge in [0.25, 0.3) is 0 Å². The van der Waals surface area contributed by atoms with Gasteiger partial charge in [0.1, 0.15) is 12.9 Å². The van der Waals surface area contributed by atoms with E-state index >= 15 is 0 Å². The number of fused-ring (bicyclic) bond motifs is 1. The number of benzene rings is 2. The van der Waals surface area contributed by atoms with Crippen LogP contribution in [0.25, 0.3) is 22.2 Å². The lowest BCUT2D eigenvalue weighted by atomic mass is 9.97. The monoisotopic (exact) mass is 557 g/mol. The molecule has 10 heteroatoms. The summed E-state index contributed by atoms with van der Waals surface area (Å²) < 4.78 is 13.5. The number of carbonyl (C=O) groups excluding carboxylic acids is 1. The number of carbonyl (C=O) groups is 1. The Morgan fingerprint density at radius 3 is 2.46 bits per heavy atom. The fourth-order valence-corrected chi connectivity index (χ4v) is 5.12. The molecule has 2 aromatic heterocycles. The second-order valence-corrected chi connectivity index (χ2v) is 11.2. The standard InChI is InChI=1S/C31H39N7O3/c1-20(2)27-16-38(36-35-27)17-30(39)34-24-8-6-23(7-9-24)31-25-14-28(40-5)29(15-26(25)32-19-33-31)41-18-22-10-12-37(13-11-22)21(3)4/h6-9,14-16,19-22H,10-13,17-18H2,1-5H3,(H,34,39). The van der Waals surface area contributed by atoms with Gasteiger partial charge in [0.05, 0.1) is 30.6 Å². The molecule has 4 aromatic rings. The lowest BCUT2D eigenvalue weighted by Gasteiger charge is -2.34. The smallest absolute Gasteiger partial charge is 0.246 e. The minimum absolute atomic E-state index is 0.0966. The summed E-state index contributed by atoms with van der Waals surface area (Å²) >= 11 is 0. The zero-order valence-electron chi connectivity index (χ0n) is 24.5. The molecule has 216 valence electrons. The van der Waals surface area contributed by atoms with Crippen LogP contribution in [0.3, 0.4) is 0 Å². The molecule has 1 saturated heterocycles. The first-order valence-corrected chi connectivity index (χ1v) is 14.3. The molecule has 2 aromatic carbocycles. The van der Waals surface area contributed by atoms with Crippen LogP contribution in [0.4, 0.5) is 5.69 Å². The van der Waals surface area contributed by atoms with Crippen LogP contribution in [-0.2, 0) is 11.3 Å². The number of aromatic nitrogens is 5. The van der Waals surface area contributed by atoms with Gasteiger partial charge in [0.2, 0.25) is 5.91 Å². The Hall–Kier alpha value is -4.05. The van der Waals surface area contributed by atoms with E-state index in [0.29, 0.717) is 35.8 Å². The molecular weight excluding hydrogens is 518 g/mol. The average Bonchev–Trinajstić information content (AvgIpc) is 3.44. The Morgan fingerprint density at radius 2 is 1.80 bits per heavy atom. The molecule has 5 rings (SSSR count). The molecule has 0 atom stereocenters. The molecule has 1 fully saturated rings. The van der Waals surface area contributed by atoms with Crippen molar-refractivity contribution in [1.82, 2.24) is 29.9 Å². The third kappa shape index (κ3) is 6.82. The largest absolute Gasteiger partial charge is 0.493 e. The highest BCUT2D eigenvalue weighted by Crippen LogP contribution is 2.36. The van der Waals surface area contributed by atoms with Crippen LogP contribution in [0, 0.1) is 5.92 Å². The number of ether oxygens (including phenoxy) is 2. The van der Waals surface area contributed by atoms with Crippen LogP contribution in [0.1, 0.15) is 52.1 Å². The van der Waals surface area contributed by atoms with Gasteiger partial charge >= 0.3 is 0 Å². The number of hydrogen-bond acceptors (Lipinski definition) is 8. The van der Waals surface area contributed by atoms with Crippen LogP contribution in [0.2, 0.25) is 0 Å². The Balaban J connectivity index is 1.27. The highest BCUT2D eigenvalue weighted by atomic mass is 16.5. The number of nitrogens with one attached hydrogen (secondary N) is 1. The van der Waals surface area contributed by atoms with Gasteiger partial charge in [-0.25, -0.2) is 14.6 Å². The summed E-state index contributed by atoms with van der Waals surface area (Å²) in [6, 6.07) is 12.1. The number of hydrogen-bond donors (Lipinski definition) is 1. The van der Waals surface area contributed by atoms with Crippen LogP contribution in [0.5, 0.6) is 11.5 Å². The Morgan fingerprint density at radius 1 is 1.05 bits per heavy atom. The maximum absolute atomic E-state index is 12.5. The molecule has 1 N–H and O–H groups in total. The van der Waals surface area contributed by atoms with Crippen molar-refractivity contribution in [3.8, 4) is 22.8 Å². The van der Waals surface area contributed by atoms with Gasteiger partial charge in [-0.1, -0.05) is 31.2 Å². The van der Waals surface area contributed by atoms with Crippen LogP contribution in [0.15, 0.2) is 48.9 Å². The highest BCUT2D eigenvalue weighted by Gasteiger charge is 2.22.